The number of ether oxygens (including phenoxy) is 1. The van der Waals surface area contributed by atoms with Gasteiger partial charge in [-0.05, 0) is 30.5 Å². The quantitative estimate of drug-likeness (QED) is 0.406. The zero-order valence-electron chi connectivity index (χ0n) is 16.6. The molecule has 0 atom stereocenters. The van der Waals surface area contributed by atoms with Crippen LogP contribution >= 0.6 is 11.3 Å². The fourth-order valence-electron chi connectivity index (χ4n) is 3.08. The third-order valence-electron chi connectivity index (χ3n) is 4.63. The van der Waals surface area contributed by atoms with E-state index in [0.29, 0.717) is 29.0 Å². The van der Waals surface area contributed by atoms with E-state index in [1.165, 1.54) is 16.9 Å². The second kappa shape index (κ2) is 8.09. The molecule has 2 aromatic heterocycles. The normalized spacial score (nSPS) is 11.2. The molecule has 0 aliphatic carbocycles. The van der Waals surface area contributed by atoms with E-state index in [1.807, 2.05) is 30.5 Å². The van der Waals surface area contributed by atoms with Gasteiger partial charge in [0.05, 0.1) is 12.3 Å². The van der Waals surface area contributed by atoms with E-state index in [9.17, 15) is 4.79 Å². The molecule has 2 heterocycles. The molecule has 0 unspecified atom stereocenters. The van der Waals surface area contributed by atoms with Gasteiger partial charge in [-0.2, -0.15) is 0 Å². The van der Waals surface area contributed by atoms with E-state index in [0.717, 1.165) is 16.6 Å². The van der Waals surface area contributed by atoms with Crippen molar-refractivity contribution >= 4 is 33.3 Å². The summed E-state index contributed by atoms with van der Waals surface area (Å²) < 4.78 is 11.3. The van der Waals surface area contributed by atoms with Crippen LogP contribution in [0.2, 0.25) is 0 Å². The van der Waals surface area contributed by atoms with Crippen molar-refractivity contribution in [2.24, 2.45) is 0 Å². The Labute approximate surface area is 173 Å². The van der Waals surface area contributed by atoms with Crippen LogP contribution < -0.4 is 10.1 Å². The molecule has 4 aromatic rings. The molecule has 0 bridgehead atoms. The van der Waals surface area contributed by atoms with Crippen LogP contribution in [0.15, 0.2) is 58.3 Å². The number of rotatable bonds is 6. The minimum absolute atomic E-state index is 0.227. The van der Waals surface area contributed by atoms with E-state index in [2.05, 4.69) is 48.4 Å². The number of para-hydroxylation sites is 1. The molecule has 0 fully saturated rings. The summed E-state index contributed by atoms with van der Waals surface area (Å²) in [6, 6.07) is 15.7. The molecule has 1 amide bonds. The van der Waals surface area contributed by atoms with Gasteiger partial charge in [0.25, 0.3) is 5.91 Å². The number of aromatic nitrogens is 1. The molecule has 2 aromatic carbocycles. The minimum atomic E-state index is -0.334. The summed E-state index contributed by atoms with van der Waals surface area (Å²) in [5, 5.41) is 6.12. The molecule has 0 aliphatic rings. The maximum Gasteiger partial charge on any atom is 0.293 e. The molecule has 0 spiro atoms. The number of amides is 1. The first-order chi connectivity index (χ1) is 14.0. The predicted octanol–water partition coefficient (Wildman–Crippen LogP) is 6.33. The van der Waals surface area contributed by atoms with Crippen LogP contribution in [0.4, 0.5) is 5.13 Å². The molecule has 148 valence electrons. The summed E-state index contributed by atoms with van der Waals surface area (Å²) in [5.74, 6) is 1.01. The summed E-state index contributed by atoms with van der Waals surface area (Å²) in [6.07, 6.45) is 0. The third kappa shape index (κ3) is 4.03. The maximum absolute atomic E-state index is 12.6. The maximum atomic E-state index is 12.6. The Morgan fingerprint density at radius 2 is 2.00 bits per heavy atom. The highest BCUT2D eigenvalue weighted by Gasteiger charge is 2.16. The summed E-state index contributed by atoms with van der Waals surface area (Å²) in [7, 11) is 0. The lowest BCUT2D eigenvalue weighted by molar-refractivity contribution is 0.0998. The number of fused-ring (bicyclic) bond motifs is 1. The molecule has 4 rings (SSSR count). The topological polar surface area (TPSA) is 64.4 Å². The number of thiazole rings is 1. The molecular formula is C23H22N2O3S. The third-order valence-corrected chi connectivity index (χ3v) is 5.39. The average Bonchev–Trinajstić information content (AvgIpc) is 3.36. The average molecular weight is 407 g/mol. The van der Waals surface area contributed by atoms with Gasteiger partial charge in [0.2, 0.25) is 0 Å². The smallest absolute Gasteiger partial charge is 0.293 e. The molecule has 0 saturated heterocycles. The van der Waals surface area contributed by atoms with Gasteiger partial charge in [-0.1, -0.05) is 50.2 Å². The van der Waals surface area contributed by atoms with Gasteiger partial charge in [0, 0.05) is 16.3 Å². The SMILES string of the molecule is CCOc1cccc2cc(C(=O)Nc3nc(-c4ccc(C(C)C)cc4)cs3)oc12. The van der Waals surface area contributed by atoms with Crippen molar-refractivity contribution in [2.75, 3.05) is 11.9 Å². The Hall–Kier alpha value is -3.12. The number of benzene rings is 2. The zero-order valence-corrected chi connectivity index (χ0v) is 17.4. The van der Waals surface area contributed by atoms with Gasteiger partial charge in [0.15, 0.2) is 22.2 Å². The number of carbonyl (C=O) groups excluding carboxylic acids is 1. The van der Waals surface area contributed by atoms with E-state index in [1.54, 1.807) is 6.07 Å². The summed E-state index contributed by atoms with van der Waals surface area (Å²) in [4.78, 5) is 17.2. The van der Waals surface area contributed by atoms with Crippen molar-refractivity contribution in [3.63, 3.8) is 0 Å². The van der Waals surface area contributed by atoms with Crippen molar-refractivity contribution in [1.29, 1.82) is 0 Å². The number of carbonyl (C=O) groups is 1. The van der Waals surface area contributed by atoms with E-state index in [4.69, 9.17) is 9.15 Å². The van der Waals surface area contributed by atoms with Gasteiger partial charge in [0.1, 0.15) is 0 Å². The van der Waals surface area contributed by atoms with Crippen LogP contribution in [0.25, 0.3) is 22.2 Å². The fraction of sp³-hybridized carbons (Fsp3) is 0.217. The molecule has 0 saturated carbocycles. The van der Waals surface area contributed by atoms with Crippen molar-refractivity contribution in [2.45, 2.75) is 26.7 Å². The van der Waals surface area contributed by atoms with E-state index < -0.39 is 0 Å². The Balaban J connectivity index is 1.52. The highest BCUT2D eigenvalue weighted by molar-refractivity contribution is 7.14. The lowest BCUT2D eigenvalue weighted by atomic mass is 10.0. The van der Waals surface area contributed by atoms with Crippen LogP contribution in [-0.4, -0.2) is 17.5 Å². The van der Waals surface area contributed by atoms with Crippen molar-refractivity contribution in [3.8, 4) is 17.0 Å². The van der Waals surface area contributed by atoms with Gasteiger partial charge in [-0.25, -0.2) is 4.98 Å². The monoisotopic (exact) mass is 406 g/mol. The molecule has 6 heteroatoms. The summed E-state index contributed by atoms with van der Waals surface area (Å²) in [5.41, 5.74) is 3.72. The number of nitrogens with zero attached hydrogens (tertiary/aromatic N) is 1. The van der Waals surface area contributed by atoms with Crippen LogP contribution in [0, 0.1) is 0 Å². The second-order valence-corrected chi connectivity index (χ2v) is 7.84. The number of furan rings is 1. The summed E-state index contributed by atoms with van der Waals surface area (Å²) in [6.45, 7) is 6.77. The Bertz CT molecular complexity index is 1140. The van der Waals surface area contributed by atoms with Gasteiger partial charge in [-0.3, -0.25) is 10.1 Å². The van der Waals surface area contributed by atoms with Crippen LogP contribution in [0.1, 0.15) is 42.8 Å². The molecule has 5 nitrogen and oxygen atoms in total. The standard InChI is InChI=1S/C23H22N2O3S/c1-4-27-19-7-5-6-17-12-20(28-21(17)19)22(26)25-23-24-18(13-29-23)16-10-8-15(9-11-16)14(2)3/h5-14H,4H2,1-3H3,(H,24,25,26). The lowest BCUT2D eigenvalue weighted by Gasteiger charge is -2.05. The first-order valence-electron chi connectivity index (χ1n) is 9.57. The fourth-order valence-corrected chi connectivity index (χ4v) is 3.79. The molecule has 1 N–H and O–H groups in total. The first kappa shape index (κ1) is 19.2. The van der Waals surface area contributed by atoms with Crippen LogP contribution in [0.5, 0.6) is 5.75 Å². The lowest BCUT2D eigenvalue weighted by Crippen LogP contribution is -2.10. The highest BCUT2D eigenvalue weighted by Crippen LogP contribution is 2.30. The van der Waals surface area contributed by atoms with Gasteiger partial charge < -0.3 is 9.15 Å². The van der Waals surface area contributed by atoms with E-state index in [-0.39, 0.29) is 11.7 Å². The number of hydrogen-bond acceptors (Lipinski definition) is 5. The minimum Gasteiger partial charge on any atom is -0.490 e. The summed E-state index contributed by atoms with van der Waals surface area (Å²) >= 11 is 1.39. The van der Waals surface area contributed by atoms with Crippen molar-refractivity contribution in [1.82, 2.24) is 4.98 Å². The molecule has 29 heavy (non-hydrogen) atoms. The van der Waals surface area contributed by atoms with Crippen molar-refractivity contribution in [3.05, 3.63) is 65.2 Å². The predicted molar refractivity (Wildman–Crippen MR) is 117 cm³/mol. The molecular weight excluding hydrogens is 384 g/mol. The van der Waals surface area contributed by atoms with Crippen LogP contribution in [0.3, 0.4) is 0 Å². The van der Waals surface area contributed by atoms with Crippen molar-refractivity contribution < 1.29 is 13.9 Å². The number of anilines is 1. The molecule has 0 aliphatic heterocycles. The Morgan fingerprint density at radius 3 is 2.72 bits per heavy atom. The zero-order chi connectivity index (χ0) is 20.4. The van der Waals surface area contributed by atoms with Crippen LogP contribution in [-0.2, 0) is 0 Å². The second-order valence-electron chi connectivity index (χ2n) is 6.99. The van der Waals surface area contributed by atoms with E-state index >= 15 is 0 Å². The Kier molecular flexibility index (Phi) is 5.36. The largest absolute Gasteiger partial charge is 0.490 e. The van der Waals surface area contributed by atoms with Gasteiger partial charge >= 0.3 is 0 Å². The van der Waals surface area contributed by atoms with Gasteiger partial charge in [-0.15, -0.1) is 11.3 Å². The highest BCUT2D eigenvalue weighted by atomic mass is 32.1. The number of hydrogen-bond donors (Lipinski definition) is 1. The first-order valence-corrected chi connectivity index (χ1v) is 10.5. The number of nitrogens with one attached hydrogen (secondary N) is 1. The molecule has 0 radical (unpaired) electrons. The Morgan fingerprint density at radius 1 is 1.21 bits per heavy atom.